The lowest BCUT2D eigenvalue weighted by atomic mass is 10.1. The summed E-state index contributed by atoms with van der Waals surface area (Å²) < 4.78 is 42.0. The van der Waals surface area contributed by atoms with Crippen LogP contribution in [0.2, 0.25) is 0 Å². The fraction of sp³-hybridized carbons (Fsp3) is 0.610. The molecular formula is C41H60O17. The number of carboxylic acids is 1. The van der Waals surface area contributed by atoms with Gasteiger partial charge in [0.1, 0.15) is 6.10 Å². The van der Waals surface area contributed by atoms with Crippen molar-refractivity contribution in [3.63, 3.8) is 0 Å². The summed E-state index contributed by atoms with van der Waals surface area (Å²) in [4.78, 5) is 93.2. The van der Waals surface area contributed by atoms with Crippen molar-refractivity contribution in [1.29, 1.82) is 0 Å². The van der Waals surface area contributed by atoms with Gasteiger partial charge in [0.25, 0.3) is 0 Å². The van der Waals surface area contributed by atoms with Crippen LogP contribution in [0.1, 0.15) is 111 Å². The number of hydrogen-bond donors (Lipinski definition) is 1. The average Bonchev–Trinajstić information content (AvgIpc) is 3.15. The van der Waals surface area contributed by atoms with E-state index in [9.17, 15) is 38.4 Å². The van der Waals surface area contributed by atoms with Gasteiger partial charge in [0, 0.05) is 54.4 Å². The molecule has 1 aliphatic heterocycles. The molecule has 0 aromatic heterocycles. The Morgan fingerprint density at radius 3 is 1.17 bits per heavy atom. The first-order valence-electron chi connectivity index (χ1n) is 19.1. The monoisotopic (exact) mass is 824 g/mol. The number of carbonyl (C=O) groups is 8. The van der Waals surface area contributed by atoms with Gasteiger partial charge >= 0.3 is 47.8 Å². The standard InChI is InChI=1S/C32H46O13.C9H14O4/c1-21(2)29(36)39-17-10-7-13-25(33)43-24-16-20-42-32(45-27(35)15-9-12-19-41-31(38)23(5)6)28(24)44-26(34)14-8-11-18-40-30(37)22(3)4;1-7(2)9(12)13-6-4-3-5-8(10)11/h24,28,32H,1,3,5,7-20H2,2,4,6H3;1,3-6H2,2H3,(H,10,11)/t24?,28-,32?;/m1./s1. The van der Waals surface area contributed by atoms with Crippen LogP contribution >= 0.6 is 0 Å². The third kappa shape index (κ3) is 26.5. The number of unbranched alkanes of at least 4 members (excludes halogenated alkanes) is 4. The zero-order chi connectivity index (χ0) is 44.0. The highest BCUT2D eigenvalue weighted by Gasteiger charge is 2.42. The number of ether oxygens (including phenoxy) is 8. The van der Waals surface area contributed by atoms with E-state index in [2.05, 4.69) is 26.3 Å². The van der Waals surface area contributed by atoms with Gasteiger partial charge in [-0.05, 0) is 79.1 Å². The Morgan fingerprint density at radius 2 is 0.828 bits per heavy atom. The van der Waals surface area contributed by atoms with Crippen molar-refractivity contribution in [1.82, 2.24) is 0 Å². The first-order chi connectivity index (χ1) is 27.3. The molecule has 1 saturated heterocycles. The second kappa shape index (κ2) is 30.8. The number of carbonyl (C=O) groups excluding carboxylic acids is 7. The van der Waals surface area contributed by atoms with E-state index in [1.54, 1.807) is 6.92 Å². The summed E-state index contributed by atoms with van der Waals surface area (Å²) in [6.45, 7) is 20.8. The summed E-state index contributed by atoms with van der Waals surface area (Å²) in [5.74, 6) is -4.64. The van der Waals surface area contributed by atoms with Crippen LogP contribution in [0.25, 0.3) is 0 Å². The van der Waals surface area contributed by atoms with Crippen molar-refractivity contribution in [2.24, 2.45) is 0 Å². The lowest BCUT2D eigenvalue weighted by molar-refractivity contribution is -0.250. The van der Waals surface area contributed by atoms with Crippen LogP contribution in [-0.2, 0) is 76.3 Å². The highest BCUT2D eigenvalue weighted by Crippen LogP contribution is 2.24. The lowest BCUT2D eigenvalue weighted by Crippen LogP contribution is -2.51. The Balaban J connectivity index is 0.00000213. The number of hydrogen-bond acceptors (Lipinski definition) is 16. The zero-order valence-electron chi connectivity index (χ0n) is 34.3. The molecule has 1 heterocycles. The second-order valence-electron chi connectivity index (χ2n) is 13.4. The molecule has 17 heteroatoms. The minimum absolute atomic E-state index is 0.0194. The highest BCUT2D eigenvalue weighted by atomic mass is 16.7. The van der Waals surface area contributed by atoms with Gasteiger partial charge in [-0.3, -0.25) is 19.2 Å². The van der Waals surface area contributed by atoms with E-state index in [1.165, 1.54) is 20.8 Å². The molecule has 0 aromatic carbocycles. The van der Waals surface area contributed by atoms with Crippen LogP contribution in [0.4, 0.5) is 0 Å². The lowest BCUT2D eigenvalue weighted by Gasteiger charge is -2.36. The van der Waals surface area contributed by atoms with Crippen molar-refractivity contribution < 1.29 is 81.4 Å². The van der Waals surface area contributed by atoms with Crippen molar-refractivity contribution in [3.8, 4) is 0 Å². The molecule has 17 nitrogen and oxygen atoms in total. The third-order valence-electron chi connectivity index (χ3n) is 7.55. The predicted molar refractivity (Wildman–Crippen MR) is 206 cm³/mol. The Bertz CT molecular complexity index is 1390. The Kier molecular flexibility index (Phi) is 27.9. The molecule has 58 heavy (non-hydrogen) atoms. The summed E-state index contributed by atoms with van der Waals surface area (Å²) >= 11 is 0. The van der Waals surface area contributed by atoms with E-state index in [-0.39, 0.29) is 81.9 Å². The Hall–Kier alpha value is -5.32. The molecule has 0 spiro atoms. The van der Waals surface area contributed by atoms with Crippen molar-refractivity contribution in [3.05, 3.63) is 48.6 Å². The Morgan fingerprint density at radius 1 is 0.500 bits per heavy atom. The summed E-state index contributed by atoms with van der Waals surface area (Å²) in [6, 6.07) is 0. The summed E-state index contributed by atoms with van der Waals surface area (Å²) in [7, 11) is 0. The summed E-state index contributed by atoms with van der Waals surface area (Å²) in [5.41, 5.74) is 1.18. The molecule has 2 unspecified atom stereocenters. The van der Waals surface area contributed by atoms with Gasteiger partial charge < -0.3 is 43.0 Å². The van der Waals surface area contributed by atoms with E-state index >= 15 is 0 Å². The zero-order valence-corrected chi connectivity index (χ0v) is 34.3. The molecule has 0 saturated carbocycles. The second-order valence-corrected chi connectivity index (χ2v) is 13.4. The maximum Gasteiger partial charge on any atom is 0.333 e. The van der Waals surface area contributed by atoms with Gasteiger partial charge in [0.2, 0.25) is 12.4 Å². The Labute approximate surface area is 340 Å². The van der Waals surface area contributed by atoms with Crippen LogP contribution in [0.15, 0.2) is 48.6 Å². The van der Waals surface area contributed by atoms with Crippen LogP contribution in [-0.4, -0.2) is 104 Å². The molecular weight excluding hydrogens is 764 g/mol. The van der Waals surface area contributed by atoms with Crippen molar-refractivity contribution >= 4 is 47.8 Å². The van der Waals surface area contributed by atoms with Crippen LogP contribution in [0.3, 0.4) is 0 Å². The predicted octanol–water partition coefficient (Wildman–Crippen LogP) is 5.33. The number of esters is 7. The first kappa shape index (κ1) is 52.7. The van der Waals surface area contributed by atoms with E-state index in [1.807, 2.05) is 0 Å². The highest BCUT2D eigenvalue weighted by molar-refractivity contribution is 5.88. The molecule has 1 aliphatic rings. The molecule has 326 valence electrons. The molecule has 0 amide bonds. The largest absolute Gasteiger partial charge is 0.481 e. The van der Waals surface area contributed by atoms with Gasteiger partial charge in [-0.25, -0.2) is 19.2 Å². The van der Waals surface area contributed by atoms with E-state index in [4.69, 9.17) is 43.0 Å². The van der Waals surface area contributed by atoms with Gasteiger partial charge in [-0.1, -0.05) is 26.3 Å². The fourth-order valence-electron chi connectivity index (χ4n) is 4.36. The normalized spacial score (nSPS) is 15.5. The van der Waals surface area contributed by atoms with Crippen molar-refractivity contribution in [2.75, 3.05) is 33.0 Å². The maximum absolute atomic E-state index is 12.7. The van der Waals surface area contributed by atoms with Gasteiger partial charge in [-0.15, -0.1) is 0 Å². The quantitative estimate of drug-likeness (QED) is 0.0477. The van der Waals surface area contributed by atoms with Crippen LogP contribution in [0.5, 0.6) is 0 Å². The minimum Gasteiger partial charge on any atom is -0.481 e. The smallest absolute Gasteiger partial charge is 0.333 e. The fourth-order valence-corrected chi connectivity index (χ4v) is 4.36. The molecule has 0 aromatic rings. The van der Waals surface area contributed by atoms with Crippen LogP contribution in [0, 0.1) is 0 Å². The number of rotatable bonds is 27. The molecule has 1 rings (SSSR count). The van der Waals surface area contributed by atoms with E-state index in [0.29, 0.717) is 56.9 Å². The third-order valence-corrected chi connectivity index (χ3v) is 7.55. The maximum atomic E-state index is 12.7. The number of aliphatic carboxylic acids is 1. The van der Waals surface area contributed by atoms with Gasteiger partial charge in [-0.2, -0.15) is 0 Å². The first-order valence-corrected chi connectivity index (χ1v) is 19.1. The summed E-state index contributed by atoms with van der Waals surface area (Å²) in [5, 5.41) is 8.29. The topological polar surface area (TPSA) is 231 Å². The van der Waals surface area contributed by atoms with E-state index in [0.717, 1.165) is 0 Å². The van der Waals surface area contributed by atoms with Gasteiger partial charge in [0.15, 0.2) is 0 Å². The number of carboxylic acid groups (broad SMARTS) is 1. The van der Waals surface area contributed by atoms with Crippen molar-refractivity contribution in [2.45, 2.75) is 130 Å². The summed E-state index contributed by atoms with van der Waals surface area (Å²) in [6.07, 6.45) is 0.227. The minimum atomic E-state index is -1.31. The average molecular weight is 825 g/mol. The molecule has 0 bridgehead atoms. The molecule has 0 radical (unpaired) electrons. The van der Waals surface area contributed by atoms with E-state index < -0.39 is 66.3 Å². The van der Waals surface area contributed by atoms with Crippen LogP contribution < -0.4 is 0 Å². The molecule has 1 fully saturated rings. The van der Waals surface area contributed by atoms with Gasteiger partial charge in [0.05, 0.1) is 33.0 Å². The molecule has 1 N–H and O–H groups in total. The molecule has 3 atom stereocenters. The SMILES string of the molecule is C=C(C)C(=O)OCCCCC(=O)O.C=C(C)C(=O)OCCCCC(=O)OC1CCOC(OC(=O)CCCCOC(=O)C(=C)C)[C@@H]1OC(=O)CCCCOC(=O)C(=C)C. The molecule has 0 aliphatic carbocycles.